The molecule has 3 aromatic carbocycles. The summed E-state index contributed by atoms with van der Waals surface area (Å²) in [6.45, 7) is 1.50. The topological polar surface area (TPSA) is 112 Å². The number of nitrogens with one attached hydrogen (secondary N) is 1. The van der Waals surface area contributed by atoms with Crippen LogP contribution in [-0.4, -0.2) is 33.4 Å². The lowest BCUT2D eigenvalue weighted by atomic mass is 10.2. The molecule has 0 radical (unpaired) electrons. The zero-order valence-electron chi connectivity index (χ0n) is 17.8. The Kier molecular flexibility index (Phi) is 6.39. The maximum Gasteiger partial charge on any atom is 0.358 e. The van der Waals surface area contributed by atoms with Gasteiger partial charge in [-0.1, -0.05) is 48.0 Å². The van der Waals surface area contributed by atoms with Crippen molar-refractivity contribution in [2.75, 3.05) is 11.3 Å². The zero-order valence-corrected chi connectivity index (χ0v) is 20.2. The van der Waals surface area contributed by atoms with Crippen LogP contribution in [0.1, 0.15) is 17.4 Å². The first-order valence-electron chi connectivity index (χ1n) is 10.1. The second-order valence-corrected chi connectivity index (χ2v) is 11.0. The monoisotopic (exact) mass is 518 g/mol. The average Bonchev–Trinajstić information content (AvgIpc) is 3.14. The van der Waals surface area contributed by atoms with Gasteiger partial charge in [-0.2, -0.15) is 0 Å². The number of esters is 1. The van der Waals surface area contributed by atoms with E-state index in [1.165, 1.54) is 42.5 Å². The van der Waals surface area contributed by atoms with Gasteiger partial charge >= 0.3 is 5.97 Å². The Balaban J connectivity index is 2.07. The molecule has 0 aliphatic heterocycles. The number of benzene rings is 3. The van der Waals surface area contributed by atoms with E-state index >= 15 is 0 Å². The van der Waals surface area contributed by atoms with Crippen LogP contribution < -0.4 is 4.72 Å². The predicted octanol–water partition coefficient (Wildman–Crippen LogP) is 4.51. The molecule has 0 atom stereocenters. The van der Waals surface area contributed by atoms with E-state index in [1.54, 1.807) is 43.3 Å². The largest absolute Gasteiger partial charge is 0.461 e. The van der Waals surface area contributed by atoms with E-state index in [0.29, 0.717) is 0 Å². The highest BCUT2D eigenvalue weighted by atomic mass is 35.5. The molecule has 8 nitrogen and oxygen atoms in total. The number of hydrogen-bond donors (Lipinski definition) is 1. The van der Waals surface area contributed by atoms with Crippen molar-refractivity contribution in [3.63, 3.8) is 0 Å². The van der Waals surface area contributed by atoms with Crippen molar-refractivity contribution in [2.45, 2.75) is 16.7 Å². The third-order valence-corrected chi connectivity index (χ3v) is 8.26. The summed E-state index contributed by atoms with van der Waals surface area (Å²) in [4.78, 5) is 12.9. The number of carbonyl (C=O) groups is 1. The van der Waals surface area contributed by atoms with Gasteiger partial charge in [-0.25, -0.2) is 25.6 Å². The van der Waals surface area contributed by atoms with Gasteiger partial charge in [-0.15, -0.1) is 0 Å². The van der Waals surface area contributed by atoms with Crippen LogP contribution in [0.4, 0.5) is 5.69 Å². The molecule has 0 aliphatic rings. The van der Waals surface area contributed by atoms with Crippen molar-refractivity contribution in [2.24, 2.45) is 0 Å². The van der Waals surface area contributed by atoms with Crippen molar-refractivity contribution in [3.05, 3.63) is 89.6 Å². The minimum atomic E-state index is -4.33. The summed E-state index contributed by atoms with van der Waals surface area (Å²) < 4.78 is 61.9. The van der Waals surface area contributed by atoms with Crippen LogP contribution >= 0.6 is 11.6 Å². The quantitative estimate of drug-likeness (QED) is 0.360. The number of nitrogens with zero attached hydrogens (tertiary/aromatic N) is 1. The van der Waals surface area contributed by atoms with Gasteiger partial charge in [0, 0.05) is 10.4 Å². The fourth-order valence-electron chi connectivity index (χ4n) is 3.46. The van der Waals surface area contributed by atoms with Crippen molar-refractivity contribution < 1.29 is 26.4 Å². The first-order chi connectivity index (χ1) is 16.2. The molecule has 0 fully saturated rings. The molecule has 0 aliphatic carbocycles. The van der Waals surface area contributed by atoms with Gasteiger partial charge in [-0.3, -0.25) is 4.72 Å². The number of anilines is 1. The molecule has 0 amide bonds. The van der Waals surface area contributed by atoms with Gasteiger partial charge in [0.15, 0.2) is 5.69 Å². The van der Waals surface area contributed by atoms with Crippen molar-refractivity contribution in [1.82, 2.24) is 3.97 Å². The Labute approximate surface area is 201 Å². The second-order valence-electron chi connectivity index (χ2n) is 7.11. The fourth-order valence-corrected chi connectivity index (χ4v) is 6.28. The minimum absolute atomic E-state index is 0.0575. The van der Waals surface area contributed by atoms with Crippen LogP contribution in [-0.2, 0) is 24.8 Å². The summed E-state index contributed by atoms with van der Waals surface area (Å²) in [5.74, 6) is -1.01. The maximum atomic E-state index is 13.7. The van der Waals surface area contributed by atoms with Gasteiger partial charge in [0.25, 0.3) is 20.0 Å². The van der Waals surface area contributed by atoms with E-state index in [2.05, 4.69) is 4.72 Å². The Bertz CT molecular complexity index is 1580. The lowest BCUT2D eigenvalue weighted by Gasteiger charge is -2.13. The van der Waals surface area contributed by atoms with Crippen LogP contribution in [0.25, 0.3) is 10.9 Å². The summed E-state index contributed by atoms with van der Waals surface area (Å²) in [6.07, 6.45) is 0. The standard InChI is InChI=1S/C23H19ClN2O6S2/c1-2-32-23(27)22-21(25-33(28,29)17-9-5-3-6-10-17)19-15-16(24)13-14-20(19)26(22)34(30,31)18-11-7-4-8-12-18/h3-15,25H,2H2,1H3. The van der Waals surface area contributed by atoms with Crippen LogP contribution in [0, 0.1) is 0 Å². The summed E-state index contributed by atoms with van der Waals surface area (Å²) in [7, 11) is -8.53. The molecule has 34 heavy (non-hydrogen) atoms. The lowest BCUT2D eigenvalue weighted by molar-refractivity contribution is 0.0520. The molecule has 0 unspecified atom stereocenters. The highest BCUT2D eigenvalue weighted by Crippen LogP contribution is 2.37. The van der Waals surface area contributed by atoms with Crippen LogP contribution in [0.2, 0.25) is 5.02 Å². The van der Waals surface area contributed by atoms with Crippen molar-refractivity contribution >= 4 is 54.2 Å². The molecule has 0 spiro atoms. The number of hydrogen-bond acceptors (Lipinski definition) is 6. The molecule has 11 heteroatoms. The van der Waals surface area contributed by atoms with E-state index in [-0.39, 0.29) is 38.0 Å². The molecule has 4 rings (SSSR count). The number of fused-ring (bicyclic) bond motifs is 1. The molecule has 1 heterocycles. The molecule has 0 saturated carbocycles. The Hall–Kier alpha value is -3.34. The number of carbonyl (C=O) groups excluding carboxylic acids is 1. The van der Waals surface area contributed by atoms with Gasteiger partial charge in [0.2, 0.25) is 0 Å². The fraction of sp³-hybridized carbons (Fsp3) is 0.0870. The van der Waals surface area contributed by atoms with E-state index < -0.39 is 31.7 Å². The van der Waals surface area contributed by atoms with Gasteiger partial charge in [-0.05, 0) is 49.4 Å². The predicted molar refractivity (Wildman–Crippen MR) is 129 cm³/mol. The van der Waals surface area contributed by atoms with E-state index in [0.717, 1.165) is 3.97 Å². The van der Waals surface area contributed by atoms with Crippen LogP contribution in [0.5, 0.6) is 0 Å². The molecule has 176 valence electrons. The van der Waals surface area contributed by atoms with Crippen LogP contribution in [0.15, 0.2) is 88.7 Å². The smallest absolute Gasteiger partial charge is 0.358 e. The number of rotatable bonds is 7. The van der Waals surface area contributed by atoms with Crippen LogP contribution in [0.3, 0.4) is 0 Å². The van der Waals surface area contributed by atoms with E-state index in [9.17, 15) is 21.6 Å². The Morgan fingerprint density at radius 3 is 2.09 bits per heavy atom. The summed E-state index contributed by atoms with van der Waals surface area (Å²) >= 11 is 6.16. The molecule has 1 aromatic heterocycles. The molecule has 0 bridgehead atoms. The molecular weight excluding hydrogens is 500 g/mol. The summed E-state index contributed by atoms with van der Waals surface area (Å²) in [6, 6.07) is 19.2. The maximum absolute atomic E-state index is 13.7. The Morgan fingerprint density at radius 1 is 0.912 bits per heavy atom. The minimum Gasteiger partial charge on any atom is -0.461 e. The first kappa shape index (κ1) is 23.8. The zero-order chi connectivity index (χ0) is 24.5. The summed E-state index contributed by atoms with van der Waals surface area (Å²) in [5, 5.41) is 0.340. The SMILES string of the molecule is CCOC(=O)c1c(NS(=O)(=O)c2ccccc2)c2cc(Cl)ccc2n1S(=O)(=O)c1ccccc1. The number of halogens is 1. The number of ether oxygens (including phenoxy) is 1. The molecular formula is C23H19ClN2O6S2. The highest BCUT2D eigenvalue weighted by molar-refractivity contribution is 7.92. The molecule has 0 saturated heterocycles. The van der Waals surface area contributed by atoms with E-state index in [4.69, 9.17) is 16.3 Å². The third kappa shape index (κ3) is 4.27. The molecule has 4 aromatic rings. The normalized spacial score (nSPS) is 11.9. The van der Waals surface area contributed by atoms with Gasteiger partial charge < -0.3 is 4.74 Å². The lowest BCUT2D eigenvalue weighted by Crippen LogP contribution is -2.22. The van der Waals surface area contributed by atoms with Crippen molar-refractivity contribution in [1.29, 1.82) is 0 Å². The van der Waals surface area contributed by atoms with E-state index in [1.807, 2.05) is 0 Å². The first-order valence-corrected chi connectivity index (χ1v) is 13.4. The number of aromatic nitrogens is 1. The molecule has 1 N–H and O–H groups in total. The Morgan fingerprint density at radius 2 is 1.50 bits per heavy atom. The van der Waals surface area contributed by atoms with Crippen molar-refractivity contribution in [3.8, 4) is 0 Å². The van der Waals surface area contributed by atoms with Gasteiger partial charge in [0.1, 0.15) is 0 Å². The summed E-state index contributed by atoms with van der Waals surface area (Å²) in [5.41, 5.74) is -0.677. The number of sulfonamides is 1. The van der Waals surface area contributed by atoms with Gasteiger partial charge in [0.05, 0.1) is 27.6 Å². The second kappa shape index (κ2) is 9.13. The third-order valence-electron chi connectivity index (χ3n) is 4.93. The highest BCUT2D eigenvalue weighted by Gasteiger charge is 2.33. The average molecular weight is 519 g/mol.